The van der Waals surface area contributed by atoms with Crippen molar-refractivity contribution >= 4 is 45.0 Å². The fourth-order valence-corrected chi connectivity index (χ4v) is 6.38. The number of nitrogens with one attached hydrogen (secondary N) is 1. The summed E-state index contributed by atoms with van der Waals surface area (Å²) in [5, 5.41) is 11.9. The summed E-state index contributed by atoms with van der Waals surface area (Å²) in [6.45, 7) is 1.11. The lowest BCUT2D eigenvalue weighted by Crippen LogP contribution is -2.40. The van der Waals surface area contributed by atoms with Gasteiger partial charge in [-0.05, 0) is 49.2 Å². The third kappa shape index (κ3) is 7.92. The highest BCUT2D eigenvalue weighted by molar-refractivity contribution is 7.90. The number of amides is 1. The highest BCUT2D eigenvalue weighted by Crippen LogP contribution is 2.35. The third-order valence-corrected chi connectivity index (χ3v) is 9.12. The van der Waals surface area contributed by atoms with Crippen LogP contribution in [0, 0.1) is 0 Å². The summed E-state index contributed by atoms with van der Waals surface area (Å²) in [5.74, 6) is 0.233. The van der Waals surface area contributed by atoms with Gasteiger partial charge in [0.25, 0.3) is 10.0 Å². The second kappa shape index (κ2) is 13.9. The monoisotopic (exact) mass is 638 g/mol. The molecule has 1 unspecified atom stereocenters. The van der Waals surface area contributed by atoms with Gasteiger partial charge in [-0.25, -0.2) is 23.1 Å². The zero-order chi connectivity index (χ0) is 30.4. The highest BCUT2D eigenvalue weighted by atomic mass is 35.5. The van der Waals surface area contributed by atoms with Crippen LogP contribution in [0.4, 0.5) is 5.82 Å². The Hall–Kier alpha value is -3.50. The molecule has 1 aromatic heterocycles. The van der Waals surface area contributed by atoms with Gasteiger partial charge in [0.15, 0.2) is 5.82 Å². The first-order valence-electron chi connectivity index (χ1n) is 14.2. The molecule has 1 aliphatic heterocycles. The van der Waals surface area contributed by atoms with Crippen molar-refractivity contribution in [1.82, 2.24) is 14.7 Å². The smallest absolute Gasteiger partial charge is 0.264 e. The predicted molar refractivity (Wildman–Crippen MR) is 170 cm³/mol. The molecule has 5 rings (SSSR count). The van der Waals surface area contributed by atoms with E-state index in [-0.39, 0.29) is 11.3 Å². The Morgan fingerprint density at radius 1 is 0.837 bits per heavy atom. The maximum Gasteiger partial charge on any atom is 0.264 e. The van der Waals surface area contributed by atoms with Crippen molar-refractivity contribution in [3.05, 3.63) is 94.6 Å². The van der Waals surface area contributed by atoms with E-state index in [9.17, 15) is 18.3 Å². The SMILES string of the molecule is O=C(CCCCCCN1CC(O)Cc2nc(-c3ccc(Cl)cc3)c(-c3ccc(Cl)cc3)nc21)NS(=O)(=O)c1ccccc1. The second-order valence-electron chi connectivity index (χ2n) is 10.5. The number of aliphatic hydroxyl groups excluding tert-OH is 1. The molecule has 43 heavy (non-hydrogen) atoms. The first kappa shape index (κ1) is 30.9. The molecule has 8 nitrogen and oxygen atoms in total. The average molecular weight is 640 g/mol. The largest absolute Gasteiger partial charge is 0.391 e. The number of hydrogen-bond donors (Lipinski definition) is 2. The number of carbonyl (C=O) groups is 1. The summed E-state index contributed by atoms with van der Waals surface area (Å²) in [4.78, 5) is 24.5. The van der Waals surface area contributed by atoms with E-state index in [2.05, 4.69) is 9.62 Å². The average Bonchev–Trinajstić information content (AvgIpc) is 2.99. The molecule has 1 amide bonds. The number of benzene rings is 3. The van der Waals surface area contributed by atoms with Crippen LogP contribution in [0.3, 0.4) is 0 Å². The molecule has 2 heterocycles. The van der Waals surface area contributed by atoms with E-state index in [4.69, 9.17) is 33.2 Å². The van der Waals surface area contributed by atoms with Crippen molar-refractivity contribution in [1.29, 1.82) is 0 Å². The van der Waals surface area contributed by atoms with Crippen LogP contribution in [-0.2, 0) is 21.2 Å². The van der Waals surface area contributed by atoms with E-state index < -0.39 is 22.0 Å². The number of fused-ring (bicyclic) bond motifs is 1. The number of hydrogen-bond acceptors (Lipinski definition) is 7. The fourth-order valence-electron chi connectivity index (χ4n) is 5.10. The zero-order valence-corrected chi connectivity index (χ0v) is 25.7. The van der Waals surface area contributed by atoms with Gasteiger partial charge in [0.2, 0.25) is 5.91 Å². The molecule has 4 aromatic rings. The van der Waals surface area contributed by atoms with Crippen LogP contribution in [0.5, 0.6) is 0 Å². The minimum absolute atomic E-state index is 0.0648. The Balaban J connectivity index is 1.23. The molecule has 0 spiro atoms. The number of rotatable bonds is 11. The number of aromatic nitrogens is 2. The van der Waals surface area contributed by atoms with Gasteiger partial charge < -0.3 is 10.0 Å². The molecule has 1 atom stereocenters. The van der Waals surface area contributed by atoms with Crippen LogP contribution in [0.1, 0.15) is 37.8 Å². The normalized spacial score (nSPS) is 14.8. The van der Waals surface area contributed by atoms with E-state index in [0.29, 0.717) is 41.7 Å². The predicted octanol–water partition coefficient (Wildman–Crippen LogP) is 6.30. The first-order chi connectivity index (χ1) is 20.7. The highest BCUT2D eigenvalue weighted by Gasteiger charge is 2.28. The van der Waals surface area contributed by atoms with Crippen molar-refractivity contribution < 1.29 is 18.3 Å². The molecule has 0 saturated heterocycles. The zero-order valence-electron chi connectivity index (χ0n) is 23.4. The van der Waals surface area contributed by atoms with Crippen LogP contribution in [0.15, 0.2) is 83.8 Å². The summed E-state index contributed by atoms with van der Waals surface area (Å²) in [6.07, 6.45) is 2.94. The lowest BCUT2D eigenvalue weighted by Gasteiger charge is -2.33. The number of sulfonamides is 1. The number of halogens is 2. The Labute approximate surface area is 261 Å². The van der Waals surface area contributed by atoms with E-state index in [1.54, 1.807) is 18.2 Å². The molecule has 0 aliphatic carbocycles. The van der Waals surface area contributed by atoms with Gasteiger partial charge in [-0.1, -0.05) is 78.5 Å². The van der Waals surface area contributed by atoms with Gasteiger partial charge in [0, 0.05) is 47.1 Å². The van der Waals surface area contributed by atoms with Crippen molar-refractivity contribution in [3.8, 4) is 22.5 Å². The molecule has 1 aliphatic rings. The summed E-state index contributed by atoms with van der Waals surface area (Å²) in [6, 6.07) is 22.8. The molecule has 0 fully saturated rings. The number of unbranched alkanes of at least 4 members (excludes halogenated alkanes) is 3. The molecule has 11 heteroatoms. The van der Waals surface area contributed by atoms with Gasteiger partial charge in [-0.3, -0.25) is 4.79 Å². The molecule has 3 aromatic carbocycles. The quantitative estimate of drug-likeness (QED) is 0.185. The molecular formula is C32H32Cl2N4O4S. The molecule has 2 N–H and O–H groups in total. The van der Waals surface area contributed by atoms with Crippen LogP contribution in [-0.4, -0.2) is 48.6 Å². The maximum absolute atomic E-state index is 12.3. The van der Waals surface area contributed by atoms with Crippen LogP contribution >= 0.6 is 23.2 Å². The number of carbonyl (C=O) groups excluding carboxylic acids is 1. The van der Waals surface area contributed by atoms with E-state index in [0.717, 1.165) is 47.6 Å². The molecular weight excluding hydrogens is 607 g/mol. The van der Waals surface area contributed by atoms with E-state index in [1.165, 1.54) is 12.1 Å². The third-order valence-electron chi connectivity index (χ3n) is 7.23. The van der Waals surface area contributed by atoms with Crippen molar-refractivity contribution in [3.63, 3.8) is 0 Å². The van der Waals surface area contributed by atoms with Crippen molar-refractivity contribution in [2.75, 3.05) is 18.0 Å². The summed E-state index contributed by atoms with van der Waals surface area (Å²) in [5.41, 5.74) is 3.91. The van der Waals surface area contributed by atoms with Crippen LogP contribution < -0.4 is 9.62 Å². The molecule has 224 valence electrons. The van der Waals surface area contributed by atoms with Gasteiger partial charge >= 0.3 is 0 Å². The minimum atomic E-state index is -3.86. The van der Waals surface area contributed by atoms with Gasteiger partial charge in [-0.2, -0.15) is 0 Å². The Morgan fingerprint density at radius 3 is 2.05 bits per heavy atom. The van der Waals surface area contributed by atoms with Gasteiger partial charge in [-0.15, -0.1) is 0 Å². The Morgan fingerprint density at radius 2 is 1.42 bits per heavy atom. The number of anilines is 1. The topological polar surface area (TPSA) is 112 Å². The van der Waals surface area contributed by atoms with Gasteiger partial charge in [0.1, 0.15) is 0 Å². The maximum atomic E-state index is 12.3. The molecule has 0 radical (unpaired) electrons. The molecule has 0 saturated carbocycles. The Kier molecular flexibility index (Phi) is 9.97. The summed E-state index contributed by atoms with van der Waals surface area (Å²) >= 11 is 12.3. The Bertz CT molecular complexity index is 1670. The lowest BCUT2D eigenvalue weighted by molar-refractivity contribution is -0.119. The summed E-state index contributed by atoms with van der Waals surface area (Å²) in [7, 11) is -3.86. The van der Waals surface area contributed by atoms with Gasteiger partial charge in [0.05, 0.1) is 28.1 Å². The standard InChI is InChI=1S/C32H32Cl2N4O4S/c33-24-15-11-22(12-16-24)30-31(23-13-17-25(34)18-14-23)36-32-28(35-30)20-26(39)21-38(32)19-7-2-1-6-10-29(40)37-43(41,42)27-8-4-3-5-9-27/h3-5,8-9,11-18,26,39H,1-2,6-7,10,19-21H2,(H,37,40). The fraction of sp³-hybridized carbons (Fsp3) is 0.281. The van der Waals surface area contributed by atoms with Crippen molar-refractivity contribution in [2.24, 2.45) is 0 Å². The molecule has 0 bridgehead atoms. The van der Waals surface area contributed by atoms with Crippen molar-refractivity contribution in [2.45, 2.75) is 49.5 Å². The number of aliphatic hydroxyl groups is 1. The lowest BCUT2D eigenvalue weighted by atomic mass is 10.0. The number of β-amino-alcohol motifs (C(OH)–C–C–N with tert-alkyl or cyclic N) is 1. The van der Waals surface area contributed by atoms with E-state index in [1.807, 2.05) is 48.5 Å². The second-order valence-corrected chi connectivity index (χ2v) is 13.1. The van der Waals surface area contributed by atoms with Crippen LogP contribution in [0.25, 0.3) is 22.5 Å². The van der Waals surface area contributed by atoms with Crippen LogP contribution in [0.2, 0.25) is 10.0 Å². The first-order valence-corrected chi connectivity index (χ1v) is 16.4. The number of nitrogens with zero attached hydrogens (tertiary/aromatic N) is 3. The van der Waals surface area contributed by atoms with E-state index >= 15 is 0 Å². The minimum Gasteiger partial charge on any atom is -0.391 e. The summed E-state index contributed by atoms with van der Waals surface area (Å²) < 4.78 is 26.8.